The molecule has 20 heavy (non-hydrogen) atoms. The minimum Gasteiger partial charge on any atom is -0.497 e. The van der Waals surface area contributed by atoms with Gasteiger partial charge in [0.15, 0.2) is 0 Å². The van der Waals surface area contributed by atoms with E-state index in [-0.39, 0.29) is 5.41 Å². The number of ether oxygens (including phenoxy) is 1. The largest absolute Gasteiger partial charge is 0.497 e. The molecule has 0 bridgehead atoms. The number of likely N-dealkylation sites (N-methyl/N-ethyl adjacent to an activating group) is 1. The van der Waals surface area contributed by atoms with Gasteiger partial charge >= 0.3 is 0 Å². The second-order valence-corrected chi connectivity index (χ2v) is 5.67. The van der Waals surface area contributed by atoms with Crippen LogP contribution in [0.4, 0.5) is 0 Å². The molecule has 0 unspecified atom stereocenters. The van der Waals surface area contributed by atoms with Crippen LogP contribution < -0.4 is 4.74 Å². The Morgan fingerprint density at radius 1 is 1.25 bits per heavy atom. The molecule has 0 spiro atoms. The number of hydrogen-bond acceptors (Lipinski definition) is 5. The summed E-state index contributed by atoms with van der Waals surface area (Å²) in [4.78, 5) is 6.75. The lowest BCUT2D eigenvalue weighted by atomic mass is 10.1. The number of aromatic nitrogens is 2. The Morgan fingerprint density at radius 3 is 2.50 bits per heavy atom. The first kappa shape index (κ1) is 13.1. The molecule has 1 aromatic carbocycles. The fourth-order valence-electron chi connectivity index (χ4n) is 2.49. The summed E-state index contributed by atoms with van der Waals surface area (Å²) in [5, 5.41) is 4.11. The number of rotatable bonds is 5. The summed E-state index contributed by atoms with van der Waals surface area (Å²) in [6.07, 6.45) is 2.24. The van der Waals surface area contributed by atoms with E-state index >= 15 is 0 Å². The molecular weight excluding hydrogens is 254 g/mol. The van der Waals surface area contributed by atoms with Gasteiger partial charge in [-0.05, 0) is 51.2 Å². The van der Waals surface area contributed by atoms with Crippen molar-refractivity contribution in [1.82, 2.24) is 15.0 Å². The van der Waals surface area contributed by atoms with Crippen LogP contribution in [-0.4, -0.2) is 42.8 Å². The van der Waals surface area contributed by atoms with Crippen molar-refractivity contribution in [2.24, 2.45) is 0 Å². The van der Waals surface area contributed by atoms with Gasteiger partial charge in [-0.25, -0.2) is 0 Å². The van der Waals surface area contributed by atoms with E-state index in [9.17, 15) is 0 Å². The Bertz CT molecular complexity index is 585. The van der Waals surface area contributed by atoms with Crippen LogP contribution in [0, 0.1) is 0 Å². The van der Waals surface area contributed by atoms with Gasteiger partial charge in [0.2, 0.25) is 11.7 Å². The number of benzene rings is 1. The van der Waals surface area contributed by atoms with Crippen molar-refractivity contribution in [2.75, 3.05) is 27.7 Å². The Kier molecular flexibility index (Phi) is 3.22. The minimum atomic E-state index is 0.0707. The molecule has 1 aromatic heterocycles. The van der Waals surface area contributed by atoms with Crippen LogP contribution in [0.1, 0.15) is 18.7 Å². The maximum atomic E-state index is 5.48. The summed E-state index contributed by atoms with van der Waals surface area (Å²) < 4.78 is 10.6. The highest BCUT2D eigenvalue weighted by molar-refractivity contribution is 5.55. The second kappa shape index (κ2) is 4.90. The smallest absolute Gasteiger partial charge is 0.234 e. The van der Waals surface area contributed by atoms with Crippen LogP contribution >= 0.6 is 0 Å². The number of hydrogen-bond donors (Lipinski definition) is 0. The molecule has 0 amide bonds. The van der Waals surface area contributed by atoms with Gasteiger partial charge in [0.05, 0.1) is 12.5 Å². The highest BCUT2D eigenvalue weighted by Gasteiger charge is 2.49. The minimum absolute atomic E-state index is 0.0707. The molecule has 3 rings (SSSR count). The summed E-state index contributed by atoms with van der Waals surface area (Å²) in [5.74, 6) is 2.23. The topological polar surface area (TPSA) is 51.4 Å². The molecule has 5 heteroatoms. The molecular formula is C15H19N3O2. The van der Waals surface area contributed by atoms with Crippen LogP contribution in [0.15, 0.2) is 28.8 Å². The quantitative estimate of drug-likeness (QED) is 0.837. The monoisotopic (exact) mass is 273 g/mol. The van der Waals surface area contributed by atoms with E-state index in [0.29, 0.717) is 5.82 Å². The average molecular weight is 273 g/mol. The van der Waals surface area contributed by atoms with Crippen LogP contribution in [0.3, 0.4) is 0 Å². The van der Waals surface area contributed by atoms with Gasteiger partial charge in [-0.2, -0.15) is 4.98 Å². The standard InChI is InChI=1S/C15H19N3O2/c1-18(2)10-15(8-9-15)14-16-13(17-20-14)11-4-6-12(19-3)7-5-11/h4-7H,8-10H2,1-3H3. The molecule has 0 saturated heterocycles. The predicted octanol–water partition coefficient (Wildman–Crippen LogP) is 2.34. The zero-order valence-corrected chi connectivity index (χ0v) is 12.1. The van der Waals surface area contributed by atoms with E-state index in [4.69, 9.17) is 9.26 Å². The molecule has 0 N–H and O–H groups in total. The van der Waals surface area contributed by atoms with Gasteiger partial charge in [0.25, 0.3) is 0 Å². The predicted molar refractivity (Wildman–Crippen MR) is 75.8 cm³/mol. The SMILES string of the molecule is COc1ccc(-c2noc(C3(CN(C)C)CC3)n2)cc1. The molecule has 1 fully saturated rings. The maximum absolute atomic E-state index is 5.48. The van der Waals surface area contributed by atoms with Gasteiger partial charge in [0.1, 0.15) is 5.75 Å². The average Bonchev–Trinajstić information content (AvgIpc) is 3.04. The van der Waals surface area contributed by atoms with E-state index < -0.39 is 0 Å². The first-order valence-electron chi connectivity index (χ1n) is 6.76. The van der Waals surface area contributed by atoms with Crippen LogP contribution in [0.25, 0.3) is 11.4 Å². The van der Waals surface area contributed by atoms with Crippen LogP contribution in [0.2, 0.25) is 0 Å². The molecule has 0 atom stereocenters. The Labute approximate surface area is 118 Å². The lowest BCUT2D eigenvalue weighted by Crippen LogP contribution is -2.26. The summed E-state index contributed by atoms with van der Waals surface area (Å²) in [6.45, 7) is 0.956. The summed E-state index contributed by atoms with van der Waals surface area (Å²) in [6, 6.07) is 7.69. The highest BCUT2D eigenvalue weighted by Crippen LogP contribution is 2.48. The van der Waals surface area contributed by atoms with Crippen molar-refractivity contribution in [3.05, 3.63) is 30.2 Å². The molecule has 1 aliphatic carbocycles. The van der Waals surface area contributed by atoms with Gasteiger partial charge < -0.3 is 14.2 Å². The van der Waals surface area contributed by atoms with E-state index in [1.54, 1.807) is 7.11 Å². The van der Waals surface area contributed by atoms with Crippen LogP contribution in [0.5, 0.6) is 5.75 Å². The molecule has 5 nitrogen and oxygen atoms in total. The molecule has 0 radical (unpaired) electrons. The normalized spacial score (nSPS) is 16.4. The van der Waals surface area contributed by atoms with Gasteiger partial charge in [0, 0.05) is 12.1 Å². The zero-order valence-electron chi connectivity index (χ0n) is 12.1. The first-order chi connectivity index (χ1) is 9.63. The molecule has 1 heterocycles. The lowest BCUT2D eigenvalue weighted by molar-refractivity contribution is 0.291. The second-order valence-electron chi connectivity index (χ2n) is 5.67. The first-order valence-corrected chi connectivity index (χ1v) is 6.76. The van der Waals surface area contributed by atoms with Crippen molar-refractivity contribution >= 4 is 0 Å². The van der Waals surface area contributed by atoms with E-state index in [1.165, 1.54) is 0 Å². The van der Waals surface area contributed by atoms with E-state index in [2.05, 4.69) is 29.1 Å². The zero-order chi connectivity index (χ0) is 14.2. The highest BCUT2D eigenvalue weighted by atomic mass is 16.5. The summed E-state index contributed by atoms with van der Waals surface area (Å²) >= 11 is 0. The van der Waals surface area contributed by atoms with Crippen molar-refractivity contribution in [3.8, 4) is 17.1 Å². The fraction of sp³-hybridized carbons (Fsp3) is 0.467. The molecule has 2 aromatic rings. The van der Waals surface area contributed by atoms with Crippen LogP contribution in [-0.2, 0) is 5.41 Å². The van der Waals surface area contributed by atoms with E-state index in [0.717, 1.165) is 36.6 Å². The lowest BCUT2D eigenvalue weighted by Gasteiger charge is -2.15. The van der Waals surface area contributed by atoms with Crippen molar-refractivity contribution in [2.45, 2.75) is 18.3 Å². The Hall–Kier alpha value is -1.88. The van der Waals surface area contributed by atoms with Gasteiger partial charge in [-0.15, -0.1) is 0 Å². The van der Waals surface area contributed by atoms with Gasteiger partial charge in [-0.1, -0.05) is 5.16 Å². The number of methoxy groups -OCH3 is 1. The maximum Gasteiger partial charge on any atom is 0.234 e. The third kappa shape index (κ3) is 2.41. The number of nitrogens with zero attached hydrogens (tertiary/aromatic N) is 3. The molecule has 1 aliphatic rings. The van der Waals surface area contributed by atoms with Crippen molar-refractivity contribution in [1.29, 1.82) is 0 Å². The third-order valence-electron chi connectivity index (χ3n) is 3.70. The molecule has 0 aliphatic heterocycles. The Morgan fingerprint density at radius 2 is 1.95 bits per heavy atom. The molecule has 106 valence electrons. The van der Waals surface area contributed by atoms with E-state index in [1.807, 2.05) is 24.3 Å². The van der Waals surface area contributed by atoms with Crippen molar-refractivity contribution in [3.63, 3.8) is 0 Å². The Balaban J connectivity index is 1.83. The summed E-state index contributed by atoms with van der Waals surface area (Å²) in [7, 11) is 5.79. The third-order valence-corrected chi connectivity index (χ3v) is 3.70. The summed E-state index contributed by atoms with van der Waals surface area (Å²) in [5.41, 5.74) is 1.02. The van der Waals surface area contributed by atoms with Gasteiger partial charge in [-0.3, -0.25) is 0 Å². The fourth-order valence-corrected chi connectivity index (χ4v) is 2.49. The van der Waals surface area contributed by atoms with Crippen molar-refractivity contribution < 1.29 is 9.26 Å². The molecule has 1 saturated carbocycles.